The molecule has 0 radical (unpaired) electrons. The number of benzene rings is 2. The third-order valence-corrected chi connectivity index (χ3v) is 4.64. The minimum Gasteiger partial charge on any atom is -0.322 e. The number of nitrogens with one attached hydrogen (secondary N) is 3. The van der Waals surface area contributed by atoms with Gasteiger partial charge in [0.15, 0.2) is 13.1 Å². The van der Waals surface area contributed by atoms with E-state index in [4.69, 9.17) is 0 Å². The van der Waals surface area contributed by atoms with Crippen LogP contribution >= 0.6 is 0 Å². The topological polar surface area (TPSA) is 62.6 Å². The largest absolute Gasteiger partial charge is 0.322 e. The van der Waals surface area contributed by atoms with E-state index in [0.29, 0.717) is 5.92 Å². The molecule has 0 aliphatic carbocycles. The molecule has 0 aliphatic heterocycles. The molecule has 0 heterocycles. The molecule has 0 saturated heterocycles. The number of carbonyl (C=O) groups excluding carboxylic acids is 2. The van der Waals surface area contributed by atoms with E-state index < -0.39 is 0 Å². The van der Waals surface area contributed by atoms with Gasteiger partial charge < -0.3 is 15.5 Å². The zero-order valence-corrected chi connectivity index (χ0v) is 16.6. The molecule has 0 aliphatic rings. The van der Waals surface area contributed by atoms with Crippen molar-refractivity contribution < 1.29 is 14.5 Å². The van der Waals surface area contributed by atoms with Crippen LogP contribution in [0.4, 0.5) is 11.4 Å². The number of amides is 2. The fourth-order valence-electron chi connectivity index (χ4n) is 2.79. The highest BCUT2D eigenvalue weighted by atomic mass is 16.2. The summed E-state index contributed by atoms with van der Waals surface area (Å²) in [5, 5.41) is 5.75. The van der Waals surface area contributed by atoms with Crippen LogP contribution in [0.1, 0.15) is 37.3 Å². The lowest BCUT2D eigenvalue weighted by Crippen LogP contribution is -3.11. The van der Waals surface area contributed by atoms with Gasteiger partial charge in [-0.3, -0.25) is 9.59 Å². The second-order valence-electron chi connectivity index (χ2n) is 7.20. The Labute approximate surface area is 161 Å². The van der Waals surface area contributed by atoms with Crippen LogP contribution in [-0.4, -0.2) is 32.0 Å². The summed E-state index contributed by atoms with van der Waals surface area (Å²) in [6.45, 7) is 6.81. The van der Waals surface area contributed by atoms with E-state index in [-0.39, 0.29) is 24.9 Å². The Morgan fingerprint density at radius 1 is 0.889 bits per heavy atom. The first-order valence-electron chi connectivity index (χ1n) is 9.45. The van der Waals surface area contributed by atoms with Crippen molar-refractivity contribution in [3.8, 4) is 0 Å². The van der Waals surface area contributed by atoms with Crippen LogP contribution in [0.2, 0.25) is 0 Å². The summed E-state index contributed by atoms with van der Waals surface area (Å²) in [5.74, 6) is 0.298. The van der Waals surface area contributed by atoms with Gasteiger partial charge in [-0.2, -0.15) is 0 Å². The van der Waals surface area contributed by atoms with Crippen molar-refractivity contribution in [3.05, 3.63) is 59.7 Å². The second-order valence-corrected chi connectivity index (χ2v) is 7.20. The number of carbonyl (C=O) groups is 2. The van der Waals surface area contributed by atoms with Crippen molar-refractivity contribution in [1.29, 1.82) is 0 Å². The highest BCUT2D eigenvalue weighted by Gasteiger charge is 2.14. The predicted molar refractivity (Wildman–Crippen MR) is 110 cm³/mol. The molecule has 27 heavy (non-hydrogen) atoms. The number of quaternary nitrogens is 1. The first-order chi connectivity index (χ1) is 12.9. The molecule has 2 rings (SSSR count). The summed E-state index contributed by atoms with van der Waals surface area (Å²) >= 11 is 0. The van der Waals surface area contributed by atoms with E-state index in [1.54, 1.807) is 0 Å². The molecule has 5 heteroatoms. The monoisotopic (exact) mass is 368 g/mol. The van der Waals surface area contributed by atoms with Gasteiger partial charge in [-0.15, -0.1) is 0 Å². The molecule has 0 spiro atoms. The molecular formula is C22H30N3O2+. The minimum atomic E-state index is -0.109. The summed E-state index contributed by atoms with van der Waals surface area (Å²) in [4.78, 5) is 25.2. The molecule has 5 nitrogen and oxygen atoms in total. The van der Waals surface area contributed by atoms with Crippen molar-refractivity contribution >= 4 is 23.2 Å². The third kappa shape index (κ3) is 6.87. The van der Waals surface area contributed by atoms with Crippen LogP contribution in [0.5, 0.6) is 0 Å². The summed E-state index contributed by atoms with van der Waals surface area (Å²) < 4.78 is 0. The molecule has 2 amide bonds. The first kappa shape index (κ1) is 20.6. The maximum absolute atomic E-state index is 12.2. The third-order valence-electron chi connectivity index (χ3n) is 4.64. The Bertz CT molecular complexity index is 754. The van der Waals surface area contributed by atoms with Gasteiger partial charge in [-0.1, -0.05) is 43.7 Å². The number of hydrogen-bond donors (Lipinski definition) is 3. The lowest BCUT2D eigenvalue weighted by atomic mass is 9.99. The molecule has 2 aromatic rings. The number of rotatable bonds is 8. The van der Waals surface area contributed by atoms with E-state index in [1.165, 1.54) is 5.56 Å². The Kier molecular flexibility index (Phi) is 7.55. The number of likely N-dealkylation sites (N-methyl/N-ethyl adjacent to an activating group) is 1. The molecule has 2 aromatic carbocycles. The predicted octanol–water partition coefficient (Wildman–Crippen LogP) is 2.60. The fourth-order valence-corrected chi connectivity index (χ4v) is 2.79. The summed E-state index contributed by atoms with van der Waals surface area (Å²) in [5.41, 5.74) is 3.96. The number of anilines is 2. The number of hydrogen-bond acceptors (Lipinski definition) is 2. The van der Waals surface area contributed by atoms with E-state index in [2.05, 4.69) is 36.6 Å². The van der Waals surface area contributed by atoms with E-state index in [1.807, 2.05) is 50.4 Å². The van der Waals surface area contributed by atoms with Crippen LogP contribution in [-0.2, 0) is 9.59 Å². The summed E-state index contributed by atoms with van der Waals surface area (Å²) in [7, 11) is 1.83. The van der Waals surface area contributed by atoms with Gasteiger partial charge in [0.1, 0.15) is 0 Å². The summed E-state index contributed by atoms with van der Waals surface area (Å²) in [6.07, 6.45) is 1.09. The van der Waals surface area contributed by atoms with Crippen LogP contribution < -0.4 is 15.5 Å². The standard InChI is InChI=1S/C22H29N3O2/c1-5-17(3)18-8-12-20(13-9-18)24-22(27)15-25(4)14-21(26)23-19-10-6-16(2)7-11-19/h6-13,17H,5,14-15H2,1-4H3,(H,23,26)(H,24,27)/p+1/t17-/m1/s1. The molecule has 144 valence electrons. The summed E-state index contributed by atoms with van der Waals surface area (Å²) in [6, 6.07) is 15.6. The lowest BCUT2D eigenvalue weighted by Gasteiger charge is -2.14. The molecule has 0 aromatic heterocycles. The van der Waals surface area contributed by atoms with Gasteiger partial charge in [-0.05, 0) is 49.1 Å². The molecule has 0 bridgehead atoms. The normalized spacial score (nSPS) is 12.9. The maximum atomic E-state index is 12.2. The average Bonchev–Trinajstić information content (AvgIpc) is 2.63. The fraction of sp³-hybridized carbons (Fsp3) is 0.364. The van der Waals surface area contributed by atoms with E-state index >= 15 is 0 Å². The lowest BCUT2D eigenvalue weighted by molar-refractivity contribution is -0.862. The quantitative estimate of drug-likeness (QED) is 0.671. The van der Waals surface area contributed by atoms with Gasteiger partial charge in [0, 0.05) is 11.4 Å². The first-order valence-corrected chi connectivity index (χ1v) is 9.45. The Hall–Kier alpha value is -2.66. The zero-order chi connectivity index (χ0) is 19.8. The van der Waals surface area contributed by atoms with Crippen molar-refractivity contribution in [3.63, 3.8) is 0 Å². The highest BCUT2D eigenvalue weighted by Crippen LogP contribution is 2.20. The van der Waals surface area contributed by atoms with E-state index in [0.717, 1.165) is 28.3 Å². The average molecular weight is 369 g/mol. The molecule has 2 atom stereocenters. The minimum absolute atomic E-state index is 0.105. The SMILES string of the molecule is CC[C@@H](C)c1ccc(NC(=O)C[NH+](C)CC(=O)Nc2ccc(C)cc2)cc1. The molecule has 0 fully saturated rings. The van der Waals surface area contributed by atoms with Crippen molar-refractivity contribution in [1.82, 2.24) is 0 Å². The highest BCUT2D eigenvalue weighted by molar-refractivity contribution is 5.93. The smallest absolute Gasteiger partial charge is 0.279 e. The van der Waals surface area contributed by atoms with Crippen LogP contribution in [0.3, 0.4) is 0 Å². The molecular weight excluding hydrogens is 338 g/mol. The molecule has 3 N–H and O–H groups in total. The van der Waals surface area contributed by atoms with Crippen molar-refractivity contribution in [2.24, 2.45) is 0 Å². The van der Waals surface area contributed by atoms with Crippen molar-refractivity contribution in [2.75, 3.05) is 30.8 Å². The molecule has 1 unspecified atom stereocenters. The van der Waals surface area contributed by atoms with Gasteiger partial charge >= 0.3 is 0 Å². The molecule has 0 saturated carbocycles. The Balaban J connectivity index is 1.79. The van der Waals surface area contributed by atoms with Gasteiger partial charge in [-0.25, -0.2) is 0 Å². The van der Waals surface area contributed by atoms with Crippen LogP contribution in [0.25, 0.3) is 0 Å². The Morgan fingerprint density at radius 2 is 1.33 bits per heavy atom. The van der Waals surface area contributed by atoms with Crippen molar-refractivity contribution in [2.45, 2.75) is 33.1 Å². The Morgan fingerprint density at radius 3 is 1.78 bits per heavy atom. The zero-order valence-electron chi connectivity index (χ0n) is 16.6. The second kappa shape index (κ2) is 9.88. The number of aryl methyl sites for hydroxylation is 1. The van der Waals surface area contributed by atoms with Gasteiger partial charge in [0.25, 0.3) is 11.8 Å². The van der Waals surface area contributed by atoms with Gasteiger partial charge in [0.05, 0.1) is 7.05 Å². The van der Waals surface area contributed by atoms with Crippen LogP contribution in [0, 0.1) is 6.92 Å². The van der Waals surface area contributed by atoms with Crippen LogP contribution in [0.15, 0.2) is 48.5 Å². The van der Waals surface area contributed by atoms with E-state index in [9.17, 15) is 9.59 Å². The van der Waals surface area contributed by atoms with Gasteiger partial charge in [0.2, 0.25) is 0 Å². The maximum Gasteiger partial charge on any atom is 0.279 e.